The number of nitrogens with one attached hydrogen (secondary N) is 1. The maximum absolute atomic E-state index is 13.4. The molecule has 0 aliphatic carbocycles. The largest absolute Gasteiger partial charge is 0.454 e. The summed E-state index contributed by atoms with van der Waals surface area (Å²) < 4.78 is 95.6. The number of rotatable bonds is 8. The van der Waals surface area contributed by atoms with Gasteiger partial charge in [-0.25, -0.2) is 4.39 Å². The first-order valence-corrected chi connectivity index (χ1v) is 11.6. The van der Waals surface area contributed by atoms with Crippen LogP contribution in [0.1, 0.15) is 21.5 Å². The second-order valence-corrected chi connectivity index (χ2v) is 8.71. The number of hydrogen-bond donors (Lipinski definition) is 1. The number of carbonyl (C=O) groups is 1. The second-order valence-electron chi connectivity index (χ2n) is 8.30. The van der Waals surface area contributed by atoms with Gasteiger partial charge in [0.15, 0.2) is 18.2 Å². The molecule has 0 aliphatic rings. The lowest BCUT2D eigenvalue weighted by molar-refractivity contribution is -0.154. The minimum absolute atomic E-state index is 0.0916. The van der Waals surface area contributed by atoms with Gasteiger partial charge in [0.1, 0.15) is 5.82 Å². The van der Waals surface area contributed by atoms with Crippen LogP contribution in [0.5, 0.6) is 6.01 Å². The van der Waals surface area contributed by atoms with Gasteiger partial charge in [0.2, 0.25) is 5.95 Å². The van der Waals surface area contributed by atoms with Crippen molar-refractivity contribution < 1.29 is 40.3 Å². The summed E-state index contributed by atoms with van der Waals surface area (Å²) in [6, 6.07) is 12.9. The van der Waals surface area contributed by atoms with Crippen LogP contribution in [0.25, 0.3) is 11.4 Å². The second kappa shape index (κ2) is 11.5. The van der Waals surface area contributed by atoms with E-state index in [4.69, 9.17) is 11.6 Å². The van der Waals surface area contributed by atoms with Crippen LogP contribution in [0.2, 0.25) is 5.02 Å². The van der Waals surface area contributed by atoms with Crippen LogP contribution in [0.3, 0.4) is 0 Å². The van der Waals surface area contributed by atoms with E-state index in [1.54, 1.807) is 6.07 Å². The number of ketones is 1. The number of carbonyl (C=O) groups excluding carboxylic acids is 1. The number of hydrogen-bond acceptors (Lipinski definition) is 6. The molecule has 40 heavy (non-hydrogen) atoms. The van der Waals surface area contributed by atoms with Gasteiger partial charge in [-0.1, -0.05) is 35.9 Å². The van der Waals surface area contributed by atoms with E-state index >= 15 is 0 Å². The molecule has 0 amide bonds. The van der Waals surface area contributed by atoms with Gasteiger partial charge in [-0.3, -0.25) is 4.79 Å². The van der Waals surface area contributed by atoms with Crippen molar-refractivity contribution in [2.45, 2.75) is 18.8 Å². The summed E-state index contributed by atoms with van der Waals surface area (Å²) in [7, 11) is 0. The number of aromatic nitrogens is 3. The molecule has 0 radical (unpaired) electrons. The van der Waals surface area contributed by atoms with E-state index in [0.29, 0.717) is 5.56 Å². The Labute approximate surface area is 226 Å². The first-order chi connectivity index (χ1) is 18.8. The molecule has 1 N–H and O–H groups in total. The van der Waals surface area contributed by atoms with Crippen LogP contribution in [0.15, 0.2) is 66.7 Å². The Balaban J connectivity index is 1.65. The molecule has 0 aliphatic heterocycles. The van der Waals surface area contributed by atoms with Gasteiger partial charge in [0.25, 0.3) is 0 Å². The van der Waals surface area contributed by atoms with Crippen molar-refractivity contribution in [3.05, 3.63) is 94.3 Å². The standard InChI is InChI=1S/C26H16ClF7N4O2/c27-19-11-15(7-8-20(19)28)21(39)10-14-3-1-4-16(9-14)22-36-23(38-24(37-22)40-13-25(29,30)31)35-18-6-2-5-17(12-18)26(32,33)34/h1-9,11-12H,10,13H2,(H,35,36,37,38). The number of Topliss-reactive ketones (excluding diaryl/α,β-unsaturated/α-hetero) is 1. The van der Waals surface area contributed by atoms with Crippen molar-refractivity contribution >= 4 is 29.0 Å². The Kier molecular flexibility index (Phi) is 8.24. The monoisotopic (exact) mass is 584 g/mol. The summed E-state index contributed by atoms with van der Waals surface area (Å²) >= 11 is 5.74. The summed E-state index contributed by atoms with van der Waals surface area (Å²) in [5.41, 5.74) is -0.208. The fourth-order valence-electron chi connectivity index (χ4n) is 3.43. The van der Waals surface area contributed by atoms with Gasteiger partial charge < -0.3 is 10.1 Å². The zero-order valence-corrected chi connectivity index (χ0v) is 20.7. The third-order valence-electron chi connectivity index (χ3n) is 5.22. The molecule has 6 nitrogen and oxygen atoms in total. The molecule has 1 heterocycles. The molecule has 0 spiro atoms. The first-order valence-electron chi connectivity index (χ1n) is 11.2. The summed E-state index contributed by atoms with van der Waals surface area (Å²) in [6.07, 6.45) is -9.50. The third kappa shape index (κ3) is 7.65. The minimum Gasteiger partial charge on any atom is -0.454 e. The van der Waals surface area contributed by atoms with Crippen molar-refractivity contribution in [2.75, 3.05) is 11.9 Å². The van der Waals surface area contributed by atoms with Gasteiger partial charge in [0, 0.05) is 23.2 Å². The van der Waals surface area contributed by atoms with Crippen LogP contribution in [-0.2, 0) is 12.6 Å². The molecule has 0 bridgehead atoms. The van der Waals surface area contributed by atoms with Crippen molar-refractivity contribution in [1.82, 2.24) is 15.0 Å². The number of benzene rings is 3. The molecule has 3 aromatic carbocycles. The molecule has 4 rings (SSSR count). The normalized spacial score (nSPS) is 11.8. The predicted octanol–water partition coefficient (Wildman–Crippen LogP) is 7.46. The summed E-state index contributed by atoms with van der Waals surface area (Å²) in [5.74, 6) is -1.64. The van der Waals surface area contributed by atoms with E-state index in [-0.39, 0.29) is 40.0 Å². The van der Waals surface area contributed by atoms with Crippen molar-refractivity contribution in [3.8, 4) is 17.4 Å². The highest BCUT2D eigenvalue weighted by Gasteiger charge is 2.31. The van der Waals surface area contributed by atoms with Gasteiger partial charge in [-0.2, -0.15) is 41.3 Å². The molecule has 0 unspecified atom stereocenters. The van der Waals surface area contributed by atoms with E-state index in [1.165, 1.54) is 36.4 Å². The first kappa shape index (κ1) is 28.7. The number of alkyl halides is 6. The fourth-order valence-corrected chi connectivity index (χ4v) is 3.61. The topological polar surface area (TPSA) is 77.0 Å². The molecule has 0 saturated carbocycles. The Morgan fingerprint density at radius 2 is 1.65 bits per heavy atom. The van der Waals surface area contributed by atoms with Crippen LogP contribution >= 0.6 is 11.6 Å². The van der Waals surface area contributed by atoms with E-state index in [2.05, 4.69) is 25.0 Å². The maximum Gasteiger partial charge on any atom is 0.422 e. The van der Waals surface area contributed by atoms with Crippen molar-refractivity contribution in [3.63, 3.8) is 0 Å². The van der Waals surface area contributed by atoms with E-state index in [1.807, 2.05) is 0 Å². The molecule has 208 valence electrons. The number of halogens is 8. The van der Waals surface area contributed by atoms with Gasteiger partial charge >= 0.3 is 18.4 Å². The Morgan fingerprint density at radius 1 is 0.900 bits per heavy atom. The Hall–Kier alpha value is -4.26. The highest BCUT2D eigenvalue weighted by Crippen LogP contribution is 2.31. The SMILES string of the molecule is O=C(Cc1cccc(-c2nc(Nc3cccc(C(F)(F)F)c3)nc(OCC(F)(F)F)n2)c1)c1ccc(F)c(Cl)c1. The van der Waals surface area contributed by atoms with E-state index in [0.717, 1.165) is 24.3 Å². The smallest absolute Gasteiger partial charge is 0.422 e. The minimum atomic E-state index is -4.72. The highest BCUT2D eigenvalue weighted by atomic mass is 35.5. The van der Waals surface area contributed by atoms with Crippen molar-refractivity contribution in [2.24, 2.45) is 0 Å². The third-order valence-corrected chi connectivity index (χ3v) is 5.51. The summed E-state index contributed by atoms with van der Waals surface area (Å²) in [5, 5.41) is 2.30. The fraction of sp³-hybridized carbons (Fsp3) is 0.154. The van der Waals surface area contributed by atoms with Crippen LogP contribution in [0, 0.1) is 5.82 Å². The van der Waals surface area contributed by atoms with E-state index < -0.39 is 42.1 Å². The zero-order chi connectivity index (χ0) is 29.1. The Morgan fingerprint density at radius 3 is 2.35 bits per heavy atom. The lowest BCUT2D eigenvalue weighted by Gasteiger charge is -2.13. The maximum atomic E-state index is 13.4. The zero-order valence-electron chi connectivity index (χ0n) is 19.9. The molecule has 0 saturated heterocycles. The van der Waals surface area contributed by atoms with Crippen LogP contribution in [-0.4, -0.2) is 33.5 Å². The number of ether oxygens (including phenoxy) is 1. The average Bonchev–Trinajstić information content (AvgIpc) is 2.88. The molecular weight excluding hydrogens is 569 g/mol. The lowest BCUT2D eigenvalue weighted by Crippen LogP contribution is -2.20. The van der Waals surface area contributed by atoms with Gasteiger partial charge in [-0.15, -0.1) is 0 Å². The Bertz CT molecular complexity index is 1540. The molecule has 14 heteroatoms. The van der Waals surface area contributed by atoms with Crippen molar-refractivity contribution in [1.29, 1.82) is 0 Å². The molecule has 1 aromatic heterocycles. The van der Waals surface area contributed by atoms with Gasteiger partial charge in [-0.05, 0) is 48.0 Å². The molecule has 4 aromatic rings. The quantitative estimate of drug-likeness (QED) is 0.171. The lowest BCUT2D eigenvalue weighted by atomic mass is 10.0. The van der Waals surface area contributed by atoms with Gasteiger partial charge in [0.05, 0.1) is 10.6 Å². The molecule has 0 fully saturated rings. The molecule has 0 atom stereocenters. The van der Waals surface area contributed by atoms with Crippen LogP contribution < -0.4 is 10.1 Å². The summed E-state index contributed by atoms with van der Waals surface area (Å²) in [4.78, 5) is 24.4. The average molecular weight is 585 g/mol. The number of nitrogens with zero attached hydrogens (tertiary/aromatic N) is 3. The summed E-state index contributed by atoms with van der Waals surface area (Å²) in [6.45, 7) is -1.73. The predicted molar refractivity (Wildman–Crippen MR) is 131 cm³/mol. The van der Waals surface area contributed by atoms with E-state index in [9.17, 15) is 35.5 Å². The molecular formula is C26H16ClF7N4O2. The highest BCUT2D eigenvalue weighted by molar-refractivity contribution is 6.31. The van der Waals surface area contributed by atoms with Crippen LogP contribution in [0.4, 0.5) is 42.4 Å². The number of anilines is 2.